The van der Waals surface area contributed by atoms with Crippen LogP contribution in [0.15, 0.2) is 42.6 Å². The standard InChI is InChI=1S/C53H84N12O14/c1-27(2)14-13-17-33-23-42(67)58-40(26-55)51(76)62-37(22-32-15-11-10-12-16-32)48(73)59-34(18-19-54)46(71)57-31(9)45(70)60-35(20-28(3)4)47(72)63-38(24-41(56)66)49(74)61-36(21-29(5)6)50(75)65-44(30(7)8)52(77)64-39(25-43(68)69)53(78)79-33/h10-12,15-16,27-30,33-40,44H,9,13-14,17-26,54-55H2,1-8H3,(H2,56,66)(H,57,71)(H,58,67)(H,59,73)(H,60,70)(H,61,74)(H,62,76)(H,63,72)(H,64,77)(H,65,75)(H,68,69)/t33?,34-,35-,36-,37-,38-,39-,40-,44-/m0/s1. The maximum absolute atomic E-state index is 14.1. The molecule has 26 nitrogen and oxygen atoms in total. The van der Waals surface area contributed by atoms with Crippen LogP contribution in [0, 0.1) is 23.7 Å². The number of esters is 1. The average Bonchev–Trinajstić information content (AvgIpc) is 3.34. The third-order valence-corrected chi connectivity index (χ3v) is 12.4. The highest BCUT2D eigenvalue weighted by Gasteiger charge is 2.37. The number of nitrogens with one attached hydrogen (secondary N) is 9. The summed E-state index contributed by atoms with van der Waals surface area (Å²) in [6.45, 7) is 16.9. The van der Waals surface area contributed by atoms with E-state index in [1.165, 1.54) is 0 Å². The number of amides is 10. The van der Waals surface area contributed by atoms with Gasteiger partial charge in [0.05, 0.1) is 25.0 Å². The van der Waals surface area contributed by atoms with Crippen LogP contribution in [0.1, 0.15) is 119 Å². The van der Waals surface area contributed by atoms with Crippen LogP contribution in [0.25, 0.3) is 0 Å². The van der Waals surface area contributed by atoms with E-state index in [0.717, 1.165) is 0 Å². The van der Waals surface area contributed by atoms with Crippen molar-refractivity contribution in [3.05, 3.63) is 48.2 Å². The largest absolute Gasteiger partial charge is 0.481 e. The number of hydrogen-bond acceptors (Lipinski definition) is 15. The molecule has 2 rings (SSSR count). The lowest BCUT2D eigenvalue weighted by Crippen LogP contribution is -2.60. The molecule has 1 heterocycles. The summed E-state index contributed by atoms with van der Waals surface area (Å²) in [6, 6.07) is -3.81. The van der Waals surface area contributed by atoms with E-state index < -0.39 is 163 Å². The van der Waals surface area contributed by atoms with Crippen molar-refractivity contribution in [1.29, 1.82) is 0 Å². The fourth-order valence-electron chi connectivity index (χ4n) is 8.25. The monoisotopic (exact) mass is 1110 g/mol. The Morgan fingerprint density at radius 2 is 1.13 bits per heavy atom. The van der Waals surface area contributed by atoms with E-state index in [1.54, 1.807) is 71.9 Å². The molecule has 1 fully saturated rings. The number of carbonyl (C=O) groups is 12. The van der Waals surface area contributed by atoms with Gasteiger partial charge in [-0.2, -0.15) is 0 Å². The van der Waals surface area contributed by atoms with Gasteiger partial charge >= 0.3 is 11.9 Å². The maximum atomic E-state index is 14.1. The Hall–Kier alpha value is -7.48. The van der Waals surface area contributed by atoms with Crippen LogP contribution >= 0.6 is 0 Å². The zero-order chi connectivity index (χ0) is 59.7. The minimum atomic E-state index is -1.86. The van der Waals surface area contributed by atoms with Crippen molar-refractivity contribution < 1.29 is 67.4 Å². The predicted molar refractivity (Wildman–Crippen MR) is 289 cm³/mol. The Labute approximate surface area is 461 Å². The third kappa shape index (κ3) is 24.8. The molecule has 16 N–H and O–H groups in total. The number of carbonyl (C=O) groups excluding carboxylic acids is 11. The molecule has 1 saturated heterocycles. The van der Waals surface area contributed by atoms with E-state index in [1.807, 2.05) is 13.8 Å². The third-order valence-electron chi connectivity index (χ3n) is 12.4. The first-order chi connectivity index (χ1) is 37.0. The first-order valence-electron chi connectivity index (χ1n) is 26.6. The SMILES string of the molecule is C=C1NC(=O)[C@H](CCN)NC(=O)[C@H](Cc2ccccc2)NC(=O)[C@H](CN)NC(=O)CC(CCCC(C)C)OC(=O)[C@H](CC(=O)O)NC(=O)[C@H](C(C)C)NC(=O)[C@H](CC(C)C)NC(=O)[C@H](CC(N)=O)NC(=O)[C@H](CC(C)C)NC1=O. The number of nitrogens with two attached hydrogens (primary N) is 3. The van der Waals surface area contributed by atoms with E-state index in [-0.39, 0.29) is 56.4 Å². The van der Waals surface area contributed by atoms with Crippen molar-refractivity contribution in [1.82, 2.24) is 47.9 Å². The topological polar surface area (TPSA) is 421 Å². The van der Waals surface area contributed by atoms with Gasteiger partial charge in [-0.1, -0.05) is 98.7 Å². The van der Waals surface area contributed by atoms with Crippen LogP contribution in [0.3, 0.4) is 0 Å². The van der Waals surface area contributed by atoms with Gasteiger partial charge in [-0.3, -0.25) is 52.7 Å². The summed E-state index contributed by atoms with van der Waals surface area (Å²) in [4.78, 5) is 164. The number of aliphatic carboxylic acids is 1. The van der Waals surface area contributed by atoms with Gasteiger partial charge in [-0.05, 0) is 67.9 Å². The molecule has 0 aliphatic carbocycles. The Morgan fingerprint density at radius 1 is 0.608 bits per heavy atom. The highest BCUT2D eigenvalue weighted by atomic mass is 16.5. The lowest BCUT2D eigenvalue weighted by atomic mass is 9.99. The summed E-state index contributed by atoms with van der Waals surface area (Å²) < 4.78 is 5.74. The summed E-state index contributed by atoms with van der Waals surface area (Å²) in [5.41, 5.74) is 17.3. The van der Waals surface area contributed by atoms with Crippen molar-refractivity contribution in [3.8, 4) is 0 Å². The second-order valence-corrected chi connectivity index (χ2v) is 21.3. The lowest BCUT2D eigenvalue weighted by molar-refractivity contribution is -0.157. The van der Waals surface area contributed by atoms with Crippen molar-refractivity contribution in [2.45, 2.75) is 174 Å². The van der Waals surface area contributed by atoms with E-state index in [9.17, 15) is 62.6 Å². The van der Waals surface area contributed by atoms with Crippen molar-refractivity contribution >= 4 is 71.0 Å². The Morgan fingerprint density at radius 3 is 1.67 bits per heavy atom. The number of rotatable bonds is 18. The molecule has 26 heteroatoms. The molecule has 0 radical (unpaired) electrons. The second-order valence-electron chi connectivity index (χ2n) is 21.3. The minimum Gasteiger partial charge on any atom is -0.481 e. The molecule has 1 aromatic rings. The quantitative estimate of drug-likeness (QED) is 0.0575. The van der Waals surface area contributed by atoms with Gasteiger partial charge < -0.3 is 74.9 Å². The lowest BCUT2D eigenvalue weighted by Gasteiger charge is -2.29. The molecule has 10 amide bonds. The Balaban J connectivity index is 2.79. The fourth-order valence-corrected chi connectivity index (χ4v) is 8.25. The fraction of sp³-hybridized carbons (Fsp3) is 0.623. The summed E-state index contributed by atoms with van der Waals surface area (Å²) >= 11 is 0. The van der Waals surface area contributed by atoms with Crippen LogP contribution in [-0.2, 0) is 68.7 Å². The van der Waals surface area contributed by atoms with Crippen LogP contribution in [0.5, 0.6) is 0 Å². The molecular weight excluding hydrogens is 1030 g/mol. The summed E-state index contributed by atoms with van der Waals surface area (Å²) in [6.07, 6.45) is -2.89. The van der Waals surface area contributed by atoms with Gasteiger partial charge in [0.15, 0.2) is 0 Å². The number of hydrogen-bond donors (Lipinski definition) is 13. The second kappa shape index (κ2) is 33.7. The zero-order valence-electron chi connectivity index (χ0n) is 46.6. The summed E-state index contributed by atoms with van der Waals surface area (Å²) in [7, 11) is 0. The normalized spacial score (nSPS) is 24.6. The maximum Gasteiger partial charge on any atom is 0.329 e. The Bertz CT molecular complexity index is 2310. The molecule has 1 unspecified atom stereocenters. The molecule has 0 spiro atoms. The number of benzene rings is 1. The highest BCUT2D eigenvalue weighted by molar-refractivity contribution is 6.02. The molecular formula is C53H84N12O14. The number of cyclic esters (lactones) is 1. The molecule has 79 heavy (non-hydrogen) atoms. The van der Waals surface area contributed by atoms with Gasteiger partial charge in [0, 0.05) is 13.0 Å². The van der Waals surface area contributed by atoms with Gasteiger partial charge in [0.2, 0.25) is 53.2 Å². The minimum absolute atomic E-state index is 0.0539. The molecule has 1 aliphatic rings. The molecule has 0 saturated carbocycles. The van der Waals surface area contributed by atoms with Crippen LogP contribution < -0.4 is 65.1 Å². The molecule has 1 aliphatic heterocycles. The molecule has 1 aromatic carbocycles. The predicted octanol–water partition coefficient (Wildman–Crippen LogP) is -1.72. The van der Waals surface area contributed by atoms with Gasteiger partial charge in [-0.25, -0.2) is 4.79 Å². The smallest absolute Gasteiger partial charge is 0.329 e. The van der Waals surface area contributed by atoms with Crippen LogP contribution in [0.4, 0.5) is 0 Å². The molecule has 9 atom stereocenters. The first kappa shape index (κ1) is 67.6. The molecule has 0 bridgehead atoms. The van der Waals surface area contributed by atoms with E-state index in [4.69, 9.17) is 21.9 Å². The number of carboxylic acid groups (broad SMARTS) is 1. The molecule has 440 valence electrons. The number of primary amides is 1. The number of ether oxygens (including phenoxy) is 1. The van der Waals surface area contributed by atoms with E-state index >= 15 is 0 Å². The van der Waals surface area contributed by atoms with Crippen molar-refractivity contribution in [3.63, 3.8) is 0 Å². The average molecular weight is 1110 g/mol. The zero-order valence-corrected chi connectivity index (χ0v) is 46.6. The Kier molecular flexibility index (Phi) is 28.9. The number of carboxylic acids is 1. The summed E-state index contributed by atoms with van der Waals surface area (Å²) in [5, 5.41) is 32.2. The highest BCUT2D eigenvalue weighted by Crippen LogP contribution is 2.17. The van der Waals surface area contributed by atoms with Crippen molar-refractivity contribution in [2.75, 3.05) is 13.1 Å². The van der Waals surface area contributed by atoms with Crippen LogP contribution in [0.2, 0.25) is 0 Å². The van der Waals surface area contributed by atoms with Gasteiger partial charge in [0.25, 0.3) is 5.91 Å². The van der Waals surface area contributed by atoms with Crippen molar-refractivity contribution in [2.24, 2.45) is 40.9 Å². The first-order valence-corrected chi connectivity index (χ1v) is 26.6. The van der Waals surface area contributed by atoms with Gasteiger partial charge in [-0.15, -0.1) is 0 Å². The molecule has 0 aromatic heterocycles. The summed E-state index contributed by atoms with van der Waals surface area (Å²) in [5.74, 6) is -13.6. The van der Waals surface area contributed by atoms with Crippen LogP contribution in [-0.4, -0.2) is 144 Å². The van der Waals surface area contributed by atoms with E-state index in [2.05, 4.69) is 54.4 Å². The van der Waals surface area contributed by atoms with Gasteiger partial charge in [0.1, 0.15) is 54.4 Å². The van der Waals surface area contributed by atoms with E-state index in [0.29, 0.717) is 18.4 Å².